The van der Waals surface area contributed by atoms with Crippen molar-refractivity contribution >= 4 is 5.97 Å². The topological polar surface area (TPSA) is 89.8 Å². The molecule has 1 atom stereocenters. The molecule has 1 unspecified atom stereocenters. The monoisotopic (exact) mass is 191 g/mol. The first-order valence-electron chi connectivity index (χ1n) is 4.13. The second kappa shape index (κ2) is 5.16. The highest BCUT2D eigenvalue weighted by molar-refractivity contribution is 5.73. The zero-order valence-electron chi connectivity index (χ0n) is 7.95. The Bertz CT molecular complexity index is 170. The van der Waals surface area contributed by atoms with Crippen molar-refractivity contribution in [3.63, 3.8) is 0 Å². The fourth-order valence-corrected chi connectivity index (χ4v) is 0.691. The molecule has 5 nitrogen and oxygen atoms in total. The summed E-state index contributed by atoms with van der Waals surface area (Å²) in [6.45, 7) is 3.33. The van der Waals surface area contributed by atoms with E-state index < -0.39 is 17.5 Å². The third-order valence-corrected chi connectivity index (χ3v) is 1.74. The molecule has 0 heterocycles. The van der Waals surface area contributed by atoms with Gasteiger partial charge in [-0.1, -0.05) is 0 Å². The van der Waals surface area contributed by atoms with E-state index in [-0.39, 0.29) is 19.7 Å². The second-order valence-electron chi connectivity index (χ2n) is 3.66. The Morgan fingerprint density at radius 1 is 1.54 bits per heavy atom. The van der Waals surface area contributed by atoms with Crippen LogP contribution in [0.2, 0.25) is 0 Å². The van der Waals surface area contributed by atoms with Crippen LogP contribution in [0, 0.1) is 5.41 Å². The van der Waals surface area contributed by atoms with E-state index in [1.807, 2.05) is 0 Å². The minimum atomic E-state index is -0.890. The van der Waals surface area contributed by atoms with E-state index >= 15 is 0 Å². The second-order valence-corrected chi connectivity index (χ2v) is 3.66. The quantitative estimate of drug-likeness (QED) is 0.434. The zero-order chi connectivity index (χ0) is 10.5. The number of nitrogens with one attached hydrogen (secondary N) is 1. The van der Waals surface area contributed by atoms with Crippen molar-refractivity contribution in [2.24, 2.45) is 5.41 Å². The summed E-state index contributed by atoms with van der Waals surface area (Å²) in [5.41, 5.74) is -0.852. The fraction of sp³-hybridized carbons (Fsp3) is 0.875. The van der Waals surface area contributed by atoms with Crippen LogP contribution in [-0.2, 0) is 4.79 Å². The first-order valence-corrected chi connectivity index (χ1v) is 4.13. The Labute approximate surface area is 77.4 Å². The van der Waals surface area contributed by atoms with Crippen LogP contribution >= 0.6 is 0 Å². The van der Waals surface area contributed by atoms with Crippen molar-refractivity contribution in [2.75, 3.05) is 19.7 Å². The molecule has 0 fully saturated rings. The van der Waals surface area contributed by atoms with Crippen molar-refractivity contribution in [1.82, 2.24) is 5.32 Å². The van der Waals surface area contributed by atoms with Gasteiger partial charge in [0.15, 0.2) is 0 Å². The highest BCUT2D eigenvalue weighted by atomic mass is 16.4. The Morgan fingerprint density at radius 2 is 2.08 bits per heavy atom. The van der Waals surface area contributed by atoms with Gasteiger partial charge >= 0.3 is 5.97 Å². The Balaban J connectivity index is 3.70. The van der Waals surface area contributed by atoms with Crippen molar-refractivity contribution in [1.29, 1.82) is 0 Å². The highest BCUT2D eigenvalue weighted by Gasteiger charge is 2.26. The third-order valence-electron chi connectivity index (χ3n) is 1.74. The van der Waals surface area contributed by atoms with E-state index in [0.717, 1.165) is 0 Å². The molecule has 0 aliphatic heterocycles. The largest absolute Gasteiger partial charge is 0.481 e. The number of hydrogen-bond acceptors (Lipinski definition) is 4. The standard InChI is InChI=1S/C8H17NO4/c1-8(2,7(12)13)5-9-3-6(11)4-10/h6,9-11H,3-5H2,1-2H3,(H,12,13). The van der Waals surface area contributed by atoms with Crippen LogP contribution < -0.4 is 5.32 Å². The van der Waals surface area contributed by atoms with Gasteiger partial charge in [0, 0.05) is 13.1 Å². The molecule has 0 radical (unpaired) electrons. The van der Waals surface area contributed by atoms with Crippen molar-refractivity contribution < 1.29 is 20.1 Å². The molecule has 0 aromatic heterocycles. The van der Waals surface area contributed by atoms with Gasteiger partial charge in [0.25, 0.3) is 0 Å². The maximum Gasteiger partial charge on any atom is 0.310 e. The van der Waals surface area contributed by atoms with Gasteiger partial charge in [-0.15, -0.1) is 0 Å². The van der Waals surface area contributed by atoms with Crippen LogP contribution in [-0.4, -0.2) is 47.1 Å². The van der Waals surface area contributed by atoms with E-state index in [1.165, 1.54) is 0 Å². The summed E-state index contributed by atoms with van der Waals surface area (Å²) in [6, 6.07) is 0. The maximum absolute atomic E-state index is 10.6. The molecule has 4 N–H and O–H groups in total. The lowest BCUT2D eigenvalue weighted by atomic mass is 9.94. The van der Waals surface area contributed by atoms with Gasteiger partial charge in [-0.2, -0.15) is 0 Å². The SMILES string of the molecule is CC(C)(CNCC(O)CO)C(=O)O. The molecule has 0 saturated carbocycles. The van der Waals surface area contributed by atoms with E-state index in [4.69, 9.17) is 15.3 Å². The van der Waals surface area contributed by atoms with Crippen LogP contribution in [0.5, 0.6) is 0 Å². The van der Waals surface area contributed by atoms with E-state index in [2.05, 4.69) is 5.32 Å². The smallest absolute Gasteiger partial charge is 0.310 e. The number of rotatable bonds is 6. The lowest BCUT2D eigenvalue weighted by molar-refractivity contribution is -0.146. The van der Waals surface area contributed by atoms with Gasteiger partial charge < -0.3 is 20.6 Å². The molecule has 0 aromatic carbocycles. The highest BCUT2D eigenvalue weighted by Crippen LogP contribution is 2.12. The summed E-state index contributed by atoms with van der Waals surface area (Å²) in [4.78, 5) is 10.6. The average molecular weight is 191 g/mol. The summed E-state index contributed by atoms with van der Waals surface area (Å²) in [7, 11) is 0. The molecule has 0 spiro atoms. The molecule has 0 saturated heterocycles. The molecular formula is C8H17NO4. The normalized spacial score (nSPS) is 14.2. The molecule has 13 heavy (non-hydrogen) atoms. The molecule has 0 aliphatic carbocycles. The summed E-state index contributed by atoms with van der Waals surface area (Å²) in [5, 5.41) is 28.9. The third kappa shape index (κ3) is 4.82. The Kier molecular flexibility index (Phi) is 4.90. The molecule has 78 valence electrons. The predicted molar refractivity (Wildman–Crippen MR) is 47.4 cm³/mol. The van der Waals surface area contributed by atoms with Crippen molar-refractivity contribution in [3.8, 4) is 0 Å². The molecule has 0 amide bonds. The lowest BCUT2D eigenvalue weighted by Crippen LogP contribution is -2.39. The fourth-order valence-electron chi connectivity index (χ4n) is 0.691. The minimum Gasteiger partial charge on any atom is -0.481 e. The van der Waals surface area contributed by atoms with Gasteiger partial charge in [-0.25, -0.2) is 0 Å². The van der Waals surface area contributed by atoms with Gasteiger partial charge in [0.2, 0.25) is 0 Å². The van der Waals surface area contributed by atoms with Crippen molar-refractivity contribution in [3.05, 3.63) is 0 Å². The summed E-state index contributed by atoms with van der Waals surface area (Å²) in [5.74, 6) is -0.890. The predicted octanol–water partition coefficient (Wildman–Crippen LogP) is -0.960. The van der Waals surface area contributed by atoms with Crippen LogP contribution in [0.25, 0.3) is 0 Å². The number of aliphatic hydroxyl groups excluding tert-OH is 2. The van der Waals surface area contributed by atoms with E-state index in [1.54, 1.807) is 13.8 Å². The molecule has 0 aromatic rings. The van der Waals surface area contributed by atoms with E-state index in [9.17, 15) is 4.79 Å². The van der Waals surface area contributed by atoms with Gasteiger partial charge in [-0.3, -0.25) is 4.79 Å². The summed E-state index contributed by atoms with van der Waals surface area (Å²) >= 11 is 0. The number of carboxylic acids is 1. The molecule has 5 heteroatoms. The minimum absolute atomic E-state index is 0.202. The number of carboxylic acid groups (broad SMARTS) is 1. The van der Waals surface area contributed by atoms with Gasteiger partial charge in [-0.05, 0) is 13.8 Å². The first kappa shape index (κ1) is 12.3. The Morgan fingerprint density at radius 3 is 2.46 bits per heavy atom. The summed E-state index contributed by atoms with van der Waals surface area (Å²) < 4.78 is 0. The molecule has 0 rings (SSSR count). The molecule has 0 aliphatic rings. The molecular weight excluding hydrogens is 174 g/mol. The van der Waals surface area contributed by atoms with Crippen LogP contribution in [0.3, 0.4) is 0 Å². The number of carbonyl (C=O) groups is 1. The lowest BCUT2D eigenvalue weighted by Gasteiger charge is -2.20. The van der Waals surface area contributed by atoms with Crippen LogP contribution in [0.15, 0.2) is 0 Å². The Hall–Kier alpha value is -0.650. The van der Waals surface area contributed by atoms with Crippen molar-refractivity contribution in [2.45, 2.75) is 20.0 Å². The average Bonchev–Trinajstić information content (AvgIpc) is 2.03. The maximum atomic E-state index is 10.6. The number of aliphatic carboxylic acids is 1. The number of aliphatic hydroxyl groups is 2. The van der Waals surface area contributed by atoms with Gasteiger partial charge in [0.05, 0.1) is 18.1 Å². The van der Waals surface area contributed by atoms with E-state index in [0.29, 0.717) is 0 Å². The molecule has 0 bridgehead atoms. The number of hydrogen-bond donors (Lipinski definition) is 4. The van der Waals surface area contributed by atoms with Crippen LogP contribution in [0.1, 0.15) is 13.8 Å². The zero-order valence-corrected chi connectivity index (χ0v) is 7.95. The van der Waals surface area contributed by atoms with Crippen LogP contribution in [0.4, 0.5) is 0 Å². The summed E-state index contributed by atoms with van der Waals surface area (Å²) in [6.07, 6.45) is -0.829. The van der Waals surface area contributed by atoms with Gasteiger partial charge in [0.1, 0.15) is 0 Å². The first-order chi connectivity index (χ1) is 5.90.